The van der Waals surface area contributed by atoms with Crippen LogP contribution in [-0.2, 0) is 16.6 Å². The molecule has 1 spiro atoms. The third kappa shape index (κ3) is 3.09. The van der Waals surface area contributed by atoms with Crippen LogP contribution in [0, 0.1) is 6.92 Å². The van der Waals surface area contributed by atoms with Crippen molar-refractivity contribution in [1.82, 2.24) is 20.0 Å². The molecule has 0 N–H and O–H groups in total. The highest BCUT2D eigenvalue weighted by atomic mass is 16.5. The van der Waals surface area contributed by atoms with Gasteiger partial charge in [0.1, 0.15) is 6.61 Å². The van der Waals surface area contributed by atoms with E-state index in [0.717, 1.165) is 43.1 Å². The number of carbonyl (C=O) groups excluding carboxylic acids is 1. The van der Waals surface area contributed by atoms with Crippen LogP contribution in [0.2, 0.25) is 0 Å². The van der Waals surface area contributed by atoms with Crippen molar-refractivity contribution in [3.05, 3.63) is 30.2 Å². The Morgan fingerprint density at radius 3 is 2.64 bits per heavy atom. The number of aromatic nitrogens is 4. The van der Waals surface area contributed by atoms with E-state index in [1.54, 1.807) is 15.8 Å². The molecule has 2 aliphatic rings. The molecule has 2 aromatic heterocycles. The third-order valence-electron chi connectivity index (χ3n) is 5.03. The van der Waals surface area contributed by atoms with Crippen molar-refractivity contribution in [2.24, 2.45) is 7.05 Å². The lowest BCUT2D eigenvalue weighted by Crippen LogP contribution is -2.59. The molecular formula is C17H22N6O2. The van der Waals surface area contributed by atoms with Gasteiger partial charge >= 0.3 is 0 Å². The van der Waals surface area contributed by atoms with Gasteiger partial charge in [0.25, 0.3) is 5.91 Å². The normalized spacial score (nSPS) is 20.3. The summed E-state index contributed by atoms with van der Waals surface area (Å²) in [5.74, 6) is 0.891. The molecule has 2 saturated heterocycles. The number of rotatable bonds is 2. The van der Waals surface area contributed by atoms with Crippen molar-refractivity contribution >= 4 is 17.4 Å². The molecule has 0 unspecified atom stereocenters. The summed E-state index contributed by atoms with van der Waals surface area (Å²) in [6, 6.07) is 3.99. The smallest absolute Gasteiger partial charge is 0.253 e. The predicted octanol–water partition coefficient (Wildman–Crippen LogP) is 0.921. The summed E-state index contributed by atoms with van der Waals surface area (Å²) in [7, 11) is 1.85. The lowest BCUT2D eigenvalue weighted by Gasteiger charge is -2.46. The zero-order valence-corrected chi connectivity index (χ0v) is 14.6. The van der Waals surface area contributed by atoms with Crippen molar-refractivity contribution in [3.8, 4) is 0 Å². The minimum atomic E-state index is -0.293. The molecule has 0 saturated carbocycles. The van der Waals surface area contributed by atoms with Gasteiger partial charge in [0.05, 0.1) is 29.7 Å². The van der Waals surface area contributed by atoms with E-state index in [-0.39, 0.29) is 18.1 Å². The van der Waals surface area contributed by atoms with E-state index in [1.165, 1.54) is 0 Å². The van der Waals surface area contributed by atoms with Crippen molar-refractivity contribution in [2.45, 2.75) is 25.4 Å². The Morgan fingerprint density at radius 2 is 2.00 bits per heavy atom. The maximum Gasteiger partial charge on any atom is 0.253 e. The highest BCUT2D eigenvalue weighted by molar-refractivity contribution is 5.94. The molecule has 1 amide bonds. The SMILES string of the molecule is Cc1ccc(N2CCC3(CC2)CN(c2cnn(C)c2)C(=O)CO3)nn1. The molecule has 2 aliphatic heterocycles. The van der Waals surface area contributed by atoms with Gasteiger partial charge in [0.15, 0.2) is 5.82 Å². The topological polar surface area (TPSA) is 76.4 Å². The Kier molecular flexibility index (Phi) is 3.91. The summed E-state index contributed by atoms with van der Waals surface area (Å²) in [6.07, 6.45) is 5.31. The van der Waals surface area contributed by atoms with Crippen molar-refractivity contribution in [2.75, 3.05) is 36.0 Å². The van der Waals surface area contributed by atoms with Crippen LogP contribution in [0.1, 0.15) is 18.5 Å². The van der Waals surface area contributed by atoms with E-state index in [4.69, 9.17) is 4.74 Å². The fraction of sp³-hybridized carbons (Fsp3) is 0.529. The fourth-order valence-electron chi connectivity index (χ4n) is 3.50. The monoisotopic (exact) mass is 342 g/mol. The molecular weight excluding hydrogens is 320 g/mol. The lowest BCUT2D eigenvalue weighted by atomic mass is 9.89. The Balaban J connectivity index is 1.46. The molecule has 0 atom stereocenters. The number of hydrogen-bond acceptors (Lipinski definition) is 6. The van der Waals surface area contributed by atoms with Crippen LogP contribution >= 0.6 is 0 Å². The Bertz CT molecular complexity index is 764. The Hall–Kier alpha value is -2.48. The first kappa shape index (κ1) is 16.0. The second-order valence-electron chi connectivity index (χ2n) is 6.84. The van der Waals surface area contributed by atoms with E-state index in [1.807, 2.05) is 32.3 Å². The standard InChI is InChI=1S/C17H22N6O2/c1-13-3-4-15(20-19-13)22-7-5-17(6-8-22)12-23(16(24)11-25-17)14-9-18-21(2)10-14/h3-4,9-10H,5-8,11-12H2,1-2H3. The molecule has 0 aliphatic carbocycles. The predicted molar refractivity (Wildman–Crippen MR) is 92.5 cm³/mol. The molecule has 132 valence electrons. The third-order valence-corrected chi connectivity index (χ3v) is 5.03. The van der Waals surface area contributed by atoms with Gasteiger partial charge in [0, 0.05) is 26.3 Å². The van der Waals surface area contributed by atoms with Crippen molar-refractivity contribution < 1.29 is 9.53 Å². The van der Waals surface area contributed by atoms with Crippen LogP contribution in [0.25, 0.3) is 0 Å². The molecule has 8 heteroatoms. The van der Waals surface area contributed by atoms with E-state index in [0.29, 0.717) is 6.54 Å². The summed E-state index contributed by atoms with van der Waals surface area (Å²) in [4.78, 5) is 16.3. The van der Waals surface area contributed by atoms with Crippen molar-refractivity contribution in [1.29, 1.82) is 0 Å². The van der Waals surface area contributed by atoms with Crippen molar-refractivity contribution in [3.63, 3.8) is 0 Å². The second kappa shape index (κ2) is 6.11. The number of morpholine rings is 1. The molecule has 25 heavy (non-hydrogen) atoms. The average molecular weight is 342 g/mol. The van der Waals surface area contributed by atoms with Crippen LogP contribution in [0.3, 0.4) is 0 Å². The molecule has 2 aromatic rings. The number of nitrogens with zero attached hydrogens (tertiary/aromatic N) is 6. The van der Waals surface area contributed by atoms with E-state index >= 15 is 0 Å². The summed E-state index contributed by atoms with van der Waals surface area (Å²) < 4.78 is 7.71. The number of amides is 1. The van der Waals surface area contributed by atoms with Crippen LogP contribution in [0.4, 0.5) is 11.5 Å². The van der Waals surface area contributed by atoms with Crippen LogP contribution < -0.4 is 9.80 Å². The summed E-state index contributed by atoms with van der Waals surface area (Å²) in [6.45, 7) is 4.31. The summed E-state index contributed by atoms with van der Waals surface area (Å²) in [5.41, 5.74) is 1.46. The fourth-order valence-corrected chi connectivity index (χ4v) is 3.50. The van der Waals surface area contributed by atoms with Gasteiger partial charge in [-0.15, -0.1) is 5.10 Å². The first-order valence-corrected chi connectivity index (χ1v) is 8.53. The highest BCUT2D eigenvalue weighted by Gasteiger charge is 2.43. The van der Waals surface area contributed by atoms with Crippen LogP contribution in [-0.4, -0.2) is 57.7 Å². The zero-order chi connectivity index (χ0) is 17.4. The van der Waals surface area contributed by atoms with Gasteiger partial charge in [-0.05, 0) is 31.9 Å². The maximum atomic E-state index is 12.3. The van der Waals surface area contributed by atoms with Gasteiger partial charge in [-0.2, -0.15) is 10.2 Å². The number of piperidine rings is 1. The van der Waals surface area contributed by atoms with E-state index in [2.05, 4.69) is 20.2 Å². The number of aryl methyl sites for hydroxylation is 2. The minimum Gasteiger partial charge on any atom is -0.363 e. The largest absolute Gasteiger partial charge is 0.363 e. The molecule has 2 fully saturated rings. The van der Waals surface area contributed by atoms with Crippen LogP contribution in [0.5, 0.6) is 0 Å². The van der Waals surface area contributed by atoms with E-state index in [9.17, 15) is 4.79 Å². The number of carbonyl (C=O) groups is 1. The number of hydrogen-bond donors (Lipinski definition) is 0. The maximum absolute atomic E-state index is 12.3. The first-order valence-electron chi connectivity index (χ1n) is 8.53. The van der Waals surface area contributed by atoms with Crippen LogP contribution in [0.15, 0.2) is 24.5 Å². The zero-order valence-electron chi connectivity index (χ0n) is 14.6. The van der Waals surface area contributed by atoms with Gasteiger partial charge in [-0.1, -0.05) is 0 Å². The summed E-state index contributed by atoms with van der Waals surface area (Å²) in [5, 5.41) is 12.6. The second-order valence-corrected chi connectivity index (χ2v) is 6.84. The minimum absolute atomic E-state index is 0.00884. The van der Waals surface area contributed by atoms with Gasteiger partial charge in [-0.25, -0.2) is 0 Å². The molecule has 0 aromatic carbocycles. The lowest BCUT2D eigenvalue weighted by molar-refractivity contribution is -0.141. The Morgan fingerprint density at radius 1 is 1.20 bits per heavy atom. The Labute approximate surface area is 146 Å². The van der Waals surface area contributed by atoms with Gasteiger partial charge in [0.2, 0.25) is 0 Å². The molecule has 4 heterocycles. The summed E-state index contributed by atoms with van der Waals surface area (Å²) >= 11 is 0. The molecule has 4 rings (SSSR count). The average Bonchev–Trinajstić information content (AvgIpc) is 3.05. The van der Waals surface area contributed by atoms with Gasteiger partial charge < -0.3 is 14.5 Å². The number of anilines is 2. The quantitative estimate of drug-likeness (QED) is 0.808. The number of ether oxygens (including phenoxy) is 1. The van der Waals surface area contributed by atoms with E-state index < -0.39 is 0 Å². The van der Waals surface area contributed by atoms with Gasteiger partial charge in [-0.3, -0.25) is 9.48 Å². The molecule has 0 radical (unpaired) electrons. The molecule has 0 bridgehead atoms. The highest BCUT2D eigenvalue weighted by Crippen LogP contribution is 2.33. The molecule has 8 nitrogen and oxygen atoms in total. The first-order chi connectivity index (χ1) is 12.0.